The van der Waals surface area contributed by atoms with Crippen LogP contribution in [0.4, 0.5) is 0 Å². The lowest BCUT2D eigenvalue weighted by Gasteiger charge is -2.21. The number of aromatic nitrogens is 1. The molecule has 2 aromatic rings. The van der Waals surface area contributed by atoms with Crippen molar-refractivity contribution in [2.45, 2.75) is 18.6 Å². The van der Waals surface area contributed by atoms with Crippen molar-refractivity contribution in [1.82, 2.24) is 4.57 Å². The Morgan fingerprint density at radius 1 is 1.21 bits per heavy atom. The summed E-state index contributed by atoms with van der Waals surface area (Å²) in [5.41, 5.74) is 8.54. The van der Waals surface area contributed by atoms with Gasteiger partial charge in [0.05, 0.1) is 11.3 Å². The van der Waals surface area contributed by atoms with E-state index >= 15 is 0 Å². The summed E-state index contributed by atoms with van der Waals surface area (Å²) in [6.07, 6.45) is 5.14. The Morgan fingerprint density at radius 3 is 2.71 bits per heavy atom. The van der Waals surface area contributed by atoms with Gasteiger partial charge in [0.25, 0.3) is 0 Å². The van der Waals surface area contributed by atoms with Crippen LogP contribution in [-0.4, -0.2) is 33.9 Å². The fraction of sp³-hybridized carbons (Fsp3) is 0.238. The molecule has 0 radical (unpaired) electrons. The number of carboxylic acid groups (broad SMARTS) is 1. The fourth-order valence-electron chi connectivity index (χ4n) is 3.78. The SMILES string of the molecule is NC(=O)C1CSC=c2c1c1c(n2Cc2ccccc2)=CC=CC1OCC(=O)O. The summed E-state index contributed by atoms with van der Waals surface area (Å²) in [5, 5.41) is 12.9. The van der Waals surface area contributed by atoms with Crippen molar-refractivity contribution < 1.29 is 19.4 Å². The highest BCUT2D eigenvalue weighted by Crippen LogP contribution is 2.31. The fourth-order valence-corrected chi connectivity index (χ4v) is 4.81. The minimum atomic E-state index is -1.03. The first kappa shape index (κ1) is 18.6. The third-order valence-corrected chi connectivity index (χ3v) is 5.88. The van der Waals surface area contributed by atoms with Gasteiger partial charge in [-0.1, -0.05) is 42.5 Å². The van der Waals surface area contributed by atoms with E-state index < -0.39 is 24.6 Å². The van der Waals surface area contributed by atoms with Crippen LogP contribution in [0.25, 0.3) is 11.5 Å². The van der Waals surface area contributed by atoms with Crippen LogP contribution >= 0.6 is 11.8 Å². The number of aliphatic carboxylic acids is 1. The Kier molecular flexibility index (Phi) is 5.11. The molecule has 0 saturated heterocycles. The minimum Gasteiger partial charge on any atom is -0.480 e. The van der Waals surface area contributed by atoms with Gasteiger partial charge in [0.1, 0.15) is 12.7 Å². The van der Waals surface area contributed by atoms with Crippen molar-refractivity contribution in [2.75, 3.05) is 12.4 Å². The normalized spacial score (nSPS) is 19.9. The van der Waals surface area contributed by atoms with Crippen LogP contribution in [0.5, 0.6) is 0 Å². The molecule has 2 aliphatic rings. The van der Waals surface area contributed by atoms with Crippen LogP contribution in [0.15, 0.2) is 42.5 Å². The molecule has 1 aromatic carbocycles. The first-order valence-corrected chi connectivity index (χ1v) is 10.0. The highest BCUT2D eigenvalue weighted by Gasteiger charge is 2.32. The molecule has 28 heavy (non-hydrogen) atoms. The number of rotatable bonds is 6. The number of primary amides is 1. The number of ether oxygens (including phenoxy) is 1. The predicted molar refractivity (Wildman–Crippen MR) is 108 cm³/mol. The molecule has 0 fully saturated rings. The van der Waals surface area contributed by atoms with Crippen LogP contribution in [0.2, 0.25) is 0 Å². The highest BCUT2D eigenvalue weighted by molar-refractivity contribution is 8.06. The lowest BCUT2D eigenvalue weighted by Crippen LogP contribution is -2.33. The molecule has 7 heteroatoms. The van der Waals surface area contributed by atoms with Gasteiger partial charge in [0.15, 0.2) is 0 Å². The molecule has 0 saturated carbocycles. The third-order valence-electron chi connectivity index (χ3n) is 4.97. The first-order chi connectivity index (χ1) is 13.6. The highest BCUT2D eigenvalue weighted by atomic mass is 32.2. The Morgan fingerprint density at radius 2 is 2.00 bits per heavy atom. The summed E-state index contributed by atoms with van der Waals surface area (Å²) in [6.45, 7) is 0.226. The van der Waals surface area contributed by atoms with Gasteiger partial charge in [-0.3, -0.25) is 4.79 Å². The average Bonchev–Trinajstić information content (AvgIpc) is 3.01. The molecule has 1 amide bonds. The summed E-state index contributed by atoms with van der Waals surface area (Å²) in [5.74, 6) is -1.28. The standard InChI is InChI=1S/C21H20N2O4S/c22-21(26)14-11-28-12-16-19(14)20-15(7-4-8-17(20)27-10-18(24)25)23(16)9-13-5-2-1-3-6-13/h1-8,12,14,17H,9-11H2,(H2,22,26)(H,24,25). The number of carbonyl (C=O) groups is 2. The molecule has 2 unspecified atom stereocenters. The maximum atomic E-state index is 12.2. The van der Waals surface area contributed by atoms with Gasteiger partial charge < -0.3 is 20.1 Å². The molecule has 2 atom stereocenters. The van der Waals surface area contributed by atoms with Gasteiger partial charge in [-0.05, 0) is 22.6 Å². The molecule has 1 aliphatic carbocycles. The van der Waals surface area contributed by atoms with E-state index in [1.807, 2.05) is 36.4 Å². The number of nitrogens with zero attached hydrogens (tertiary/aromatic N) is 1. The third kappa shape index (κ3) is 3.39. The minimum absolute atomic E-state index is 0.381. The smallest absolute Gasteiger partial charge is 0.329 e. The van der Waals surface area contributed by atoms with Gasteiger partial charge in [0.2, 0.25) is 5.91 Å². The maximum absolute atomic E-state index is 12.2. The Bertz CT molecular complexity index is 1070. The van der Waals surface area contributed by atoms with Crippen molar-refractivity contribution in [3.8, 4) is 0 Å². The topological polar surface area (TPSA) is 94.5 Å². The maximum Gasteiger partial charge on any atom is 0.329 e. The van der Waals surface area contributed by atoms with E-state index in [-0.39, 0.29) is 5.91 Å². The van der Waals surface area contributed by atoms with Gasteiger partial charge in [-0.25, -0.2) is 4.79 Å². The molecular formula is C21H20N2O4S. The summed E-state index contributed by atoms with van der Waals surface area (Å²) in [7, 11) is 0. The van der Waals surface area contributed by atoms with Crippen molar-refractivity contribution in [3.05, 3.63) is 69.9 Å². The van der Waals surface area contributed by atoms with Crippen LogP contribution < -0.4 is 16.4 Å². The van der Waals surface area contributed by atoms with Crippen LogP contribution in [0, 0.1) is 0 Å². The Balaban J connectivity index is 1.90. The van der Waals surface area contributed by atoms with Crippen LogP contribution in [0.3, 0.4) is 0 Å². The number of hydrogen-bond acceptors (Lipinski definition) is 4. The van der Waals surface area contributed by atoms with E-state index in [1.54, 1.807) is 11.8 Å². The molecular weight excluding hydrogens is 376 g/mol. The number of carboxylic acids is 1. The van der Waals surface area contributed by atoms with E-state index in [2.05, 4.69) is 22.1 Å². The largest absolute Gasteiger partial charge is 0.480 e. The van der Waals surface area contributed by atoms with E-state index in [0.717, 1.165) is 27.4 Å². The summed E-state index contributed by atoms with van der Waals surface area (Å²) >= 11 is 1.57. The van der Waals surface area contributed by atoms with Crippen molar-refractivity contribution >= 4 is 35.1 Å². The zero-order chi connectivity index (χ0) is 19.7. The van der Waals surface area contributed by atoms with E-state index in [0.29, 0.717) is 12.3 Å². The monoisotopic (exact) mass is 396 g/mol. The molecule has 0 spiro atoms. The van der Waals surface area contributed by atoms with Crippen LogP contribution in [0.1, 0.15) is 28.7 Å². The van der Waals surface area contributed by atoms with Gasteiger partial charge in [0, 0.05) is 23.2 Å². The molecule has 144 valence electrons. The lowest BCUT2D eigenvalue weighted by atomic mass is 9.93. The molecule has 0 bridgehead atoms. The second kappa shape index (κ2) is 7.69. The molecule has 6 nitrogen and oxygen atoms in total. The van der Waals surface area contributed by atoms with Crippen LogP contribution in [-0.2, 0) is 20.9 Å². The van der Waals surface area contributed by atoms with Gasteiger partial charge in [-0.15, -0.1) is 11.8 Å². The number of allylic oxidation sites excluding steroid dienone is 1. The second-order valence-corrected chi connectivity index (χ2v) is 7.65. The van der Waals surface area contributed by atoms with Crippen molar-refractivity contribution in [2.24, 2.45) is 5.73 Å². The van der Waals surface area contributed by atoms with E-state index in [4.69, 9.17) is 15.6 Å². The van der Waals surface area contributed by atoms with Gasteiger partial charge >= 0.3 is 5.97 Å². The number of carbonyl (C=O) groups excluding carboxylic acids is 1. The molecule has 4 rings (SSSR count). The summed E-state index contributed by atoms with van der Waals surface area (Å²) in [6, 6.07) is 10.1. The second-order valence-electron chi connectivity index (χ2n) is 6.75. The zero-order valence-electron chi connectivity index (χ0n) is 15.1. The number of amides is 1. The number of fused-ring (bicyclic) bond motifs is 3. The summed E-state index contributed by atoms with van der Waals surface area (Å²) in [4.78, 5) is 23.2. The number of thioether (sulfide) groups is 1. The first-order valence-electron chi connectivity index (χ1n) is 8.95. The molecule has 3 N–H and O–H groups in total. The number of nitrogens with two attached hydrogens (primary N) is 1. The Hall–Kier alpha value is -2.77. The Labute approximate surface area is 166 Å². The molecule has 2 heterocycles. The zero-order valence-corrected chi connectivity index (χ0v) is 15.9. The lowest BCUT2D eigenvalue weighted by molar-refractivity contribution is -0.143. The molecule has 1 aliphatic heterocycles. The quantitative estimate of drug-likeness (QED) is 0.762. The number of benzene rings is 1. The van der Waals surface area contributed by atoms with Crippen molar-refractivity contribution in [3.63, 3.8) is 0 Å². The van der Waals surface area contributed by atoms with E-state index in [9.17, 15) is 9.59 Å². The van der Waals surface area contributed by atoms with Crippen molar-refractivity contribution in [1.29, 1.82) is 0 Å². The van der Waals surface area contributed by atoms with E-state index in [1.165, 1.54) is 0 Å². The summed E-state index contributed by atoms with van der Waals surface area (Å²) < 4.78 is 7.79. The molecule has 1 aromatic heterocycles. The number of hydrogen-bond donors (Lipinski definition) is 2. The van der Waals surface area contributed by atoms with Gasteiger partial charge in [-0.2, -0.15) is 0 Å². The average molecular weight is 396 g/mol. The predicted octanol–water partition coefficient (Wildman–Crippen LogP) is 1.08.